The van der Waals surface area contributed by atoms with Crippen LogP contribution >= 0.6 is 0 Å². The first-order chi connectivity index (χ1) is 16.1. The lowest BCUT2D eigenvalue weighted by molar-refractivity contribution is -0.137. The van der Waals surface area contributed by atoms with Crippen LogP contribution in [0.4, 0.5) is 4.39 Å². The first kappa shape index (κ1) is 22.6. The summed E-state index contributed by atoms with van der Waals surface area (Å²) < 4.78 is 50.0. The van der Waals surface area contributed by atoms with Gasteiger partial charge < -0.3 is 9.84 Å². The Morgan fingerprint density at radius 2 is 1.85 bits per heavy atom. The number of para-hydroxylation sites is 1. The van der Waals surface area contributed by atoms with Gasteiger partial charge in [-0.1, -0.05) is 30.3 Å². The minimum Gasteiger partial charge on any atom is -0.483 e. The van der Waals surface area contributed by atoms with Gasteiger partial charge in [0.05, 0.1) is 13.0 Å². The topological polar surface area (TPSA) is 83.9 Å². The molecular formula is C26H24FNO5S. The highest BCUT2D eigenvalue weighted by molar-refractivity contribution is 7.89. The molecule has 3 aromatic carbocycles. The summed E-state index contributed by atoms with van der Waals surface area (Å²) in [6, 6.07) is 15.0. The largest absolute Gasteiger partial charge is 0.483 e. The van der Waals surface area contributed by atoms with Gasteiger partial charge in [0, 0.05) is 18.0 Å². The van der Waals surface area contributed by atoms with Crippen LogP contribution < -0.4 is 4.74 Å². The molecule has 5 rings (SSSR count). The number of rotatable bonds is 2. The number of carbonyl (C=O) groups is 1. The van der Waals surface area contributed by atoms with Crippen LogP contribution in [-0.4, -0.2) is 30.3 Å². The van der Waals surface area contributed by atoms with E-state index in [0.29, 0.717) is 11.1 Å². The predicted octanol–water partition coefficient (Wildman–Crippen LogP) is 4.69. The highest BCUT2D eigenvalue weighted by Gasteiger charge is 2.37. The number of fused-ring (bicyclic) bond motifs is 8. The van der Waals surface area contributed by atoms with Crippen LogP contribution in [0.2, 0.25) is 0 Å². The monoisotopic (exact) mass is 481 g/mol. The van der Waals surface area contributed by atoms with E-state index in [1.54, 1.807) is 31.2 Å². The van der Waals surface area contributed by atoms with Gasteiger partial charge >= 0.3 is 5.97 Å². The van der Waals surface area contributed by atoms with E-state index in [-0.39, 0.29) is 35.7 Å². The van der Waals surface area contributed by atoms with Gasteiger partial charge in [0.25, 0.3) is 0 Å². The second-order valence-electron chi connectivity index (χ2n) is 8.92. The van der Waals surface area contributed by atoms with E-state index in [1.807, 2.05) is 25.1 Å². The molecule has 1 N–H and O–H groups in total. The minimum atomic E-state index is -3.93. The molecule has 0 aliphatic carbocycles. The van der Waals surface area contributed by atoms with Crippen molar-refractivity contribution in [3.8, 4) is 5.75 Å². The van der Waals surface area contributed by atoms with E-state index < -0.39 is 33.8 Å². The Labute approximate surface area is 197 Å². The third kappa shape index (κ3) is 3.76. The molecule has 0 aromatic heterocycles. The average molecular weight is 482 g/mol. The number of halogens is 1. The fraction of sp³-hybridized carbons (Fsp3) is 0.269. The van der Waals surface area contributed by atoms with E-state index in [0.717, 1.165) is 16.7 Å². The number of sulfonamides is 1. The zero-order chi connectivity index (χ0) is 24.2. The Balaban J connectivity index is 1.82. The highest BCUT2D eigenvalue weighted by atomic mass is 32.2. The van der Waals surface area contributed by atoms with Crippen LogP contribution in [0.25, 0.3) is 0 Å². The molecule has 0 saturated heterocycles. The van der Waals surface area contributed by atoms with E-state index >= 15 is 4.39 Å². The fourth-order valence-corrected chi connectivity index (χ4v) is 6.40. The molecule has 2 aliphatic heterocycles. The standard InChI is InChI=1S/C26H24FNO5S/c1-15-7-8-17-10-18(15)13-28-14-24(33-23-5-3-4-6-25(23)34(28,31)32)21-11-19(16(2)9-22(21)27)20(17)12-26(29)30/h3-11,20,24H,12-14H2,1-2H3,(H,29,30)/t20?,24-/m0/s1. The number of carboxylic acids is 1. The predicted molar refractivity (Wildman–Crippen MR) is 124 cm³/mol. The molecule has 2 unspecified atom stereocenters. The van der Waals surface area contributed by atoms with Crippen molar-refractivity contribution in [1.82, 2.24) is 4.31 Å². The lowest BCUT2D eigenvalue weighted by Gasteiger charge is -2.24. The molecule has 8 heteroatoms. The number of benzene rings is 3. The van der Waals surface area contributed by atoms with Crippen molar-refractivity contribution in [2.75, 3.05) is 6.54 Å². The summed E-state index contributed by atoms with van der Waals surface area (Å²) in [6.45, 7) is 3.63. The number of hydrogen-bond donors (Lipinski definition) is 1. The lowest BCUT2D eigenvalue weighted by atomic mass is 9.83. The maximum Gasteiger partial charge on any atom is 0.304 e. The maximum atomic E-state index is 15.3. The minimum absolute atomic E-state index is 0.0415. The van der Waals surface area contributed by atoms with Crippen molar-refractivity contribution in [2.24, 2.45) is 0 Å². The Bertz CT molecular complexity index is 1420. The molecule has 6 bridgehead atoms. The summed E-state index contributed by atoms with van der Waals surface area (Å²) in [5, 5.41) is 9.65. The SMILES string of the molecule is Cc1ccc2cc1CN1C[C@H](Oc3ccccc3S1(=O)=O)c1cc(c(C)cc1F)C2CC(=O)O. The number of aliphatic carboxylic acids is 1. The Morgan fingerprint density at radius 1 is 1.09 bits per heavy atom. The summed E-state index contributed by atoms with van der Waals surface area (Å²) in [4.78, 5) is 11.8. The zero-order valence-corrected chi connectivity index (χ0v) is 19.6. The van der Waals surface area contributed by atoms with E-state index in [9.17, 15) is 18.3 Å². The Hall–Kier alpha value is -3.23. The van der Waals surface area contributed by atoms with Gasteiger partial charge in [-0.2, -0.15) is 4.31 Å². The molecule has 0 amide bonds. The van der Waals surface area contributed by atoms with Crippen LogP contribution in [0.5, 0.6) is 5.75 Å². The van der Waals surface area contributed by atoms with Crippen molar-refractivity contribution in [3.63, 3.8) is 0 Å². The molecule has 0 saturated carbocycles. The average Bonchev–Trinajstić information content (AvgIpc) is 2.89. The normalized spacial score (nSPS) is 22.5. The number of hydrogen-bond acceptors (Lipinski definition) is 4. The van der Waals surface area contributed by atoms with Crippen molar-refractivity contribution < 1.29 is 27.4 Å². The number of carboxylic acid groups (broad SMARTS) is 1. The third-order valence-corrected chi connectivity index (χ3v) is 8.57. The van der Waals surface area contributed by atoms with E-state index in [2.05, 4.69) is 0 Å². The molecule has 0 radical (unpaired) electrons. The molecule has 6 nitrogen and oxygen atoms in total. The molecule has 2 aliphatic rings. The van der Waals surface area contributed by atoms with Crippen LogP contribution in [0.1, 0.15) is 51.8 Å². The van der Waals surface area contributed by atoms with E-state index in [4.69, 9.17) is 4.74 Å². The first-order valence-electron chi connectivity index (χ1n) is 11.0. The highest BCUT2D eigenvalue weighted by Crippen LogP contribution is 2.40. The van der Waals surface area contributed by atoms with Gasteiger partial charge in [-0.05, 0) is 65.9 Å². The van der Waals surface area contributed by atoms with Gasteiger partial charge in [0.1, 0.15) is 22.6 Å². The Morgan fingerprint density at radius 3 is 2.62 bits per heavy atom. The molecule has 176 valence electrons. The summed E-state index contributed by atoms with van der Waals surface area (Å²) in [7, 11) is -3.93. The molecule has 0 spiro atoms. The molecule has 34 heavy (non-hydrogen) atoms. The lowest BCUT2D eigenvalue weighted by Crippen LogP contribution is -2.34. The number of aryl methyl sites for hydroxylation is 2. The molecule has 3 aromatic rings. The summed E-state index contributed by atoms with van der Waals surface area (Å²) >= 11 is 0. The molecule has 2 heterocycles. The van der Waals surface area contributed by atoms with Crippen molar-refractivity contribution in [2.45, 2.75) is 43.7 Å². The first-order valence-corrected chi connectivity index (χ1v) is 12.5. The van der Waals surface area contributed by atoms with Crippen LogP contribution in [-0.2, 0) is 21.4 Å². The second kappa shape index (κ2) is 8.21. The smallest absolute Gasteiger partial charge is 0.304 e. The van der Waals surface area contributed by atoms with Gasteiger partial charge in [0.2, 0.25) is 10.0 Å². The van der Waals surface area contributed by atoms with Crippen molar-refractivity contribution >= 4 is 16.0 Å². The number of ether oxygens (including phenoxy) is 1. The van der Waals surface area contributed by atoms with Gasteiger partial charge in [0.15, 0.2) is 0 Å². The van der Waals surface area contributed by atoms with Gasteiger partial charge in [-0.25, -0.2) is 12.8 Å². The fourth-order valence-electron chi connectivity index (χ4n) is 4.86. The summed E-state index contributed by atoms with van der Waals surface area (Å²) in [6.07, 6.45) is -1.08. The van der Waals surface area contributed by atoms with Crippen LogP contribution in [0, 0.1) is 19.7 Å². The quantitative estimate of drug-likeness (QED) is 0.574. The van der Waals surface area contributed by atoms with Gasteiger partial charge in [-0.3, -0.25) is 4.79 Å². The Kier molecular flexibility index (Phi) is 5.45. The molecule has 3 atom stereocenters. The molecular weight excluding hydrogens is 457 g/mol. The zero-order valence-electron chi connectivity index (χ0n) is 18.8. The number of nitrogens with zero attached hydrogens (tertiary/aromatic N) is 1. The summed E-state index contributed by atoms with van der Waals surface area (Å²) in [5.41, 5.74) is 3.93. The summed E-state index contributed by atoms with van der Waals surface area (Å²) in [5.74, 6) is -1.84. The van der Waals surface area contributed by atoms with Crippen molar-refractivity contribution in [1.29, 1.82) is 0 Å². The van der Waals surface area contributed by atoms with E-state index in [1.165, 1.54) is 16.4 Å². The maximum absolute atomic E-state index is 15.3. The second-order valence-corrected chi connectivity index (χ2v) is 10.8. The van der Waals surface area contributed by atoms with Gasteiger partial charge in [-0.15, -0.1) is 0 Å². The van der Waals surface area contributed by atoms with Crippen LogP contribution in [0.15, 0.2) is 59.5 Å². The third-order valence-electron chi connectivity index (χ3n) is 6.71. The molecule has 0 fully saturated rings. The van der Waals surface area contributed by atoms with Crippen molar-refractivity contribution in [3.05, 3.63) is 93.8 Å². The van der Waals surface area contributed by atoms with Crippen LogP contribution in [0.3, 0.4) is 0 Å².